The number of carbonyl (C=O) groups excluding carboxylic acids is 1. The van der Waals surface area contributed by atoms with Gasteiger partial charge in [0.05, 0.1) is 0 Å². The van der Waals surface area contributed by atoms with E-state index in [-0.39, 0.29) is 5.91 Å². The summed E-state index contributed by atoms with van der Waals surface area (Å²) in [6, 6.07) is 6.17. The minimum absolute atomic E-state index is 0.172. The van der Waals surface area contributed by atoms with Crippen LogP contribution in [-0.2, 0) is 6.42 Å². The molecule has 3 nitrogen and oxygen atoms in total. The Hall–Kier alpha value is -1.51. The second-order valence-corrected chi connectivity index (χ2v) is 4.40. The molecule has 1 heterocycles. The van der Waals surface area contributed by atoms with Gasteiger partial charge in [-0.2, -0.15) is 0 Å². The Morgan fingerprint density at radius 2 is 2.13 bits per heavy atom. The third-order valence-corrected chi connectivity index (χ3v) is 3.23. The van der Waals surface area contributed by atoms with Gasteiger partial charge in [-0.3, -0.25) is 4.79 Å². The number of nitrogens with zero attached hydrogens (tertiary/aromatic N) is 1. The molecule has 1 fully saturated rings. The van der Waals surface area contributed by atoms with Crippen LogP contribution in [-0.4, -0.2) is 23.4 Å². The minimum atomic E-state index is 0.172. The van der Waals surface area contributed by atoms with Crippen molar-refractivity contribution in [3.63, 3.8) is 0 Å². The molecule has 3 rings (SSSR count). The SMILES string of the molecule is Nc1ccc2c(c1)C(=O)N(C1CC1)CC2. The molecule has 1 aliphatic heterocycles. The highest BCUT2D eigenvalue weighted by Gasteiger charge is 2.35. The van der Waals surface area contributed by atoms with Crippen molar-refractivity contribution in [3.8, 4) is 0 Å². The van der Waals surface area contributed by atoms with Crippen LogP contribution in [0.25, 0.3) is 0 Å². The van der Waals surface area contributed by atoms with Crippen LogP contribution in [0.15, 0.2) is 18.2 Å². The number of nitrogens with two attached hydrogens (primary N) is 1. The van der Waals surface area contributed by atoms with Gasteiger partial charge < -0.3 is 10.6 Å². The van der Waals surface area contributed by atoms with Gasteiger partial charge in [0.25, 0.3) is 5.91 Å². The zero-order valence-corrected chi connectivity index (χ0v) is 8.57. The van der Waals surface area contributed by atoms with Crippen molar-refractivity contribution in [2.75, 3.05) is 12.3 Å². The first-order valence-corrected chi connectivity index (χ1v) is 5.45. The van der Waals surface area contributed by atoms with Crippen molar-refractivity contribution in [1.29, 1.82) is 0 Å². The fourth-order valence-corrected chi connectivity index (χ4v) is 2.24. The maximum absolute atomic E-state index is 12.1. The molecule has 0 radical (unpaired) electrons. The summed E-state index contributed by atoms with van der Waals surface area (Å²) in [5, 5.41) is 0. The van der Waals surface area contributed by atoms with E-state index in [4.69, 9.17) is 5.73 Å². The number of carbonyl (C=O) groups is 1. The first-order chi connectivity index (χ1) is 7.25. The molecule has 0 saturated heterocycles. The van der Waals surface area contributed by atoms with Gasteiger partial charge in [-0.05, 0) is 37.0 Å². The summed E-state index contributed by atoms with van der Waals surface area (Å²) < 4.78 is 0. The highest BCUT2D eigenvalue weighted by atomic mass is 16.2. The standard InChI is InChI=1S/C12H14N2O/c13-9-2-1-8-5-6-14(10-3-4-10)12(15)11(8)7-9/h1-2,7,10H,3-6,13H2. The van der Waals surface area contributed by atoms with Gasteiger partial charge in [-0.25, -0.2) is 0 Å². The van der Waals surface area contributed by atoms with E-state index < -0.39 is 0 Å². The van der Waals surface area contributed by atoms with Crippen LogP contribution in [0.4, 0.5) is 5.69 Å². The zero-order chi connectivity index (χ0) is 10.4. The molecule has 15 heavy (non-hydrogen) atoms. The van der Waals surface area contributed by atoms with E-state index in [1.54, 1.807) is 0 Å². The summed E-state index contributed by atoms with van der Waals surface area (Å²) in [5.74, 6) is 0.172. The van der Waals surface area contributed by atoms with Gasteiger partial charge in [0, 0.05) is 23.8 Å². The van der Waals surface area contributed by atoms with Gasteiger partial charge in [0.1, 0.15) is 0 Å². The average Bonchev–Trinajstić information content (AvgIpc) is 3.03. The van der Waals surface area contributed by atoms with Crippen LogP contribution in [0.2, 0.25) is 0 Å². The van der Waals surface area contributed by atoms with Crippen molar-refractivity contribution in [3.05, 3.63) is 29.3 Å². The number of fused-ring (bicyclic) bond motifs is 1. The number of hydrogen-bond acceptors (Lipinski definition) is 2. The maximum atomic E-state index is 12.1. The van der Waals surface area contributed by atoms with E-state index >= 15 is 0 Å². The summed E-state index contributed by atoms with van der Waals surface area (Å²) in [7, 11) is 0. The van der Waals surface area contributed by atoms with Crippen LogP contribution in [0.5, 0.6) is 0 Å². The zero-order valence-electron chi connectivity index (χ0n) is 8.57. The molecule has 1 aromatic rings. The molecule has 2 N–H and O–H groups in total. The Morgan fingerprint density at radius 1 is 1.33 bits per heavy atom. The van der Waals surface area contributed by atoms with Crippen molar-refractivity contribution < 1.29 is 4.79 Å². The Labute approximate surface area is 88.9 Å². The average molecular weight is 202 g/mol. The maximum Gasteiger partial charge on any atom is 0.254 e. The lowest BCUT2D eigenvalue weighted by Gasteiger charge is -2.28. The largest absolute Gasteiger partial charge is 0.399 e. The number of hydrogen-bond donors (Lipinski definition) is 1. The summed E-state index contributed by atoms with van der Waals surface area (Å²) >= 11 is 0. The predicted octanol–water partition coefficient (Wildman–Crippen LogP) is 1.43. The first kappa shape index (κ1) is 8.77. The van der Waals surface area contributed by atoms with Gasteiger partial charge in [0.2, 0.25) is 0 Å². The lowest BCUT2D eigenvalue weighted by molar-refractivity contribution is 0.0727. The fraction of sp³-hybridized carbons (Fsp3) is 0.417. The summed E-state index contributed by atoms with van der Waals surface area (Å²) in [5.41, 5.74) is 8.35. The Kier molecular flexibility index (Phi) is 1.75. The van der Waals surface area contributed by atoms with Gasteiger partial charge in [-0.1, -0.05) is 6.07 Å². The number of amides is 1. The molecule has 0 atom stereocenters. The highest BCUT2D eigenvalue weighted by molar-refractivity contribution is 5.98. The number of nitrogen functional groups attached to an aromatic ring is 1. The number of rotatable bonds is 1. The second kappa shape index (κ2) is 2.99. The predicted molar refractivity (Wildman–Crippen MR) is 58.6 cm³/mol. The Morgan fingerprint density at radius 3 is 2.87 bits per heavy atom. The fourth-order valence-electron chi connectivity index (χ4n) is 2.24. The first-order valence-electron chi connectivity index (χ1n) is 5.45. The Bertz CT molecular complexity index is 424. The molecular formula is C12H14N2O. The topological polar surface area (TPSA) is 46.3 Å². The van der Waals surface area contributed by atoms with Crippen molar-refractivity contribution in [2.45, 2.75) is 25.3 Å². The van der Waals surface area contributed by atoms with Crippen LogP contribution >= 0.6 is 0 Å². The molecular weight excluding hydrogens is 188 g/mol. The van der Waals surface area contributed by atoms with E-state index in [1.807, 2.05) is 23.1 Å². The molecule has 1 aromatic carbocycles. The van der Waals surface area contributed by atoms with Gasteiger partial charge in [-0.15, -0.1) is 0 Å². The molecule has 1 saturated carbocycles. The van der Waals surface area contributed by atoms with Gasteiger partial charge in [0.15, 0.2) is 0 Å². The highest BCUT2D eigenvalue weighted by Crippen LogP contribution is 2.32. The Balaban J connectivity index is 2.00. The smallest absolute Gasteiger partial charge is 0.254 e. The molecule has 0 unspecified atom stereocenters. The summed E-state index contributed by atoms with van der Waals surface area (Å²) in [6.07, 6.45) is 3.31. The second-order valence-electron chi connectivity index (χ2n) is 4.40. The lowest BCUT2D eigenvalue weighted by Crippen LogP contribution is -2.39. The number of anilines is 1. The molecule has 2 aliphatic rings. The normalized spacial score (nSPS) is 20.3. The molecule has 78 valence electrons. The van der Waals surface area contributed by atoms with Crippen molar-refractivity contribution >= 4 is 11.6 Å². The molecule has 1 amide bonds. The van der Waals surface area contributed by atoms with E-state index in [2.05, 4.69) is 0 Å². The van der Waals surface area contributed by atoms with E-state index in [0.717, 1.165) is 24.1 Å². The van der Waals surface area contributed by atoms with Crippen molar-refractivity contribution in [1.82, 2.24) is 4.90 Å². The molecule has 0 spiro atoms. The lowest BCUT2D eigenvalue weighted by atomic mass is 9.98. The monoisotopic (exact) mass is 202 g/mol. The van der Waals surface area contributed by atoms with Crippen molar-refractivity contribution in [2.24, 2.45) is 0 Å². The molecule has 3 heteroatoms. The molecule has 1 aliphatic carbocycles. The molecule has 0 aromatic heterocycles. The van der Waals surface area contributed by atoms with Gasteiger partial charge >= 0.3 is 0 Å². The summed E-state index contributed by atoms with van der Waals surface area (Å²) in [4.78, 5) is 14.1. The quantitative estimate of drug-likeness (QED) is 0.700. The van der Waals surface area contributed by atoms with Crippen LogP contribution < -0.4 is 5.73 Å². The van der Waals surface area contributed by atoms with Crippen LogP contribution in [0.3, 0.4) is 0 Å². The van der Waals surface area contributed by atoms with E-state index in [0.29, 0.717) is 11.7 Å². The summed E-state index contributed by atoms with van der Waals surface area (Å²) in [6.45, 7) is 0.875. The van der Waals surface area contributed by atoms with E-state index in [9.17, 15) is 4.79 Å². The van der Waals surface area contributed by atoms with E-state index in [1.165, 1.54) is 12.8 Å². The van der Waals surface area contributed by atoms with Crippen LogP contribution in [0.1, 0.15) is 28.8 Å². The third-order valence-electron chi connectivity index (χ3n) is 3.23. The third kappa shape index (κ3) is 1.39. The minimum Gasteiger partial charge on any atom is -0.399 e. The number of benzene rings is 1. The molecule has 0 bridgehead atoms. The van der Waals surface area contributed by atoms with Crippen LogP contribution in [0, 0.1) is 0 Å².